The number of aromatic nitrogens is 2. The highest BCUT2D eigenvalue weighted by atomic mass is 19.4. The maximum absolute atomic E-state index is 13.1. The molecular weight excluding hydrogens is 440 g/mol. The molecule has 2 heterocycles. The second kappa shape index (κ2) is 8.42. The molecule has 0 unspecified atom stereocenters. The van der Waals surface area contributed by atoms with Gasteiger partial charge < -0.3 is 10.0 Å². The van der Waals surface area contributed by atoms with Crippen LogP contribution < -0.4 is 0 Å². The number of hydrogen-bond donors (Lipinski definition) is 2. The van der Waals surface area contributed by atoms with E-state index in [9.17, 15) is 36.2 Å². The minimum absolute atomic E-state index is 0.0214. The molecule has 0 saturated carbocycles. The van der Waals surface area contributed by atoms with E-state index in [4.69, 9.17) is 0 Å². The molecule has 1 amide bonds. The molecule has 3 rings (SSSR count). The second-order valence-electron chi connectivity index (χ2n) is 8.71. The van der Waals surface area contributed by atoms with Crippen LogP contribution in [0.5, 0.6) is 0 Å². The Balaban J connectivity index is 1.79. The average Bonchev–Trinajstić information content (AvgIpc) is 3.15. The fourth-order valence-corrected chi connectivity index (χ4v) is 3.90. The molecule has 1 aliphatic rings. The zero-order valence-corrected chi connectivity index (χ0v) is 17.4. The first kappa shape index (κ1) is 24.1. The minimum atomic E-state index is -4.97. The van der Waals surface area contributed by atoms with Crippen molar-refractivity contribution >= 4 is 5.91 Å². The van der Waals surface area contributed by atoms with E-state index in [2.05, 4.69) is 10.2 Å². The van der Waals surface area contributed by atoms with Gasteiger partial charge in [-0.25, -0.2) is 0 Å². The van der Waals surface area contributed by atoms with Crippen molar-refractivity contribution in [2.24, 2.45) is 5.92 Å². The molecule has 1 saturated heterocycles. The highest BCUT2D eigenvalue weighted by Gasteiger charge is 2.37. The van der Waals surface area contributed by atoms with Crippen molar-refractivity contribution in [3.05, 3.63) is 41.1 Å². The lowest BCUT2D eigenvalue weighted by Gasteiger charge is -2.34. The van der Waals surface area contributed by atoms with Crippen molar-refractivity contribution in [3.63, 3.8) is 0 Å². The SMILES string of the molecule is CC(C)(O)CC1CCN(C(=O)c2cc(-c3cc(C(F)(F)F)cc(C(F)(F)F)c3)n[nH]2)CC1. The van der Waals surface area contributed by atoms with Gasteiger partial charge in [-0.2, -0.15) is 31.4 Å². The van der Waals surface area contributed by atoms with Crippen molar-refractivity contribution in [2.75, 3.05) is 13.1 Å². The number of piperidine rings is 1. The third kappa shape index (κ3) is 5.81. The maximum Gasteiger partial charge on any atom is 0.416 e. The minimum Gasteiger partial charge on any atom is -0.390 e. The zero-order chi connectivity index (χ0) is 23.9. The van der Waals surface area contributed by atoms with E-state index in [1.54, 1.807) is 18.7 Å². The first-order valence-corrected chi connectivity index (χ1v) is 10.0. The Labute approximate surface area is 180 Å². The van der Waals surface area contributed by atoms with Crippen molar-refractivity contribution in [3.8, 4) is 11.3 Å². The first-order valence-electron chi connectivity index (χ1n) is 10.0. The Morgan fingerprint density at radius 2 is 1.56 bits per heavy atom. The fourth-order valence-electron chi connectivity index (χ4n) is 3.90. The largest absolute Gasteiger partial charge is 0.416 e. The summed E-state index contributed by atoms with van der Waals surface area (Å²) < 4.78 is 78.5. The lowest BCUT2D eigenvalue weighted by Crippen LogP contribution is -2.40. The third-order valence-electron chi connectivity index (χ3n) is 5.38. The number of amides is 1. The van der Waals surface area contributed by atoms with Gasteiger partial charge in [0.1, 0.15) is 5.69 Å². The van der Waals surface area contributed by atoms with Gasteiger partial charge in [0.25, 0.3) is 5.91 Å². The van der Waals surface area contributed by atoms with Gasteiger partial charge in [0.15, 0.2) is 0 Å². The number of likely N-dealkylation sites (tertiary alicyclic amines) is 1. The molecule has 2 aromatic rings. The average molecular weight is 463 g/mol. The van der Waals surface area contributed by atoms with Gasteiger partial charge in [-0.3, -0.25) is 9.89 Å². The molecule has 1 fully saturated rings. The molecule has 176 valence electrons. The van der Waals surface area contributed by atoms with Gasteiger partial charge in [-0.15, -0.1) is 0 Å². The van der Waals surface area contributed by atoms with E-state index in [1.807, 2.05) is 0 Å². The van der Waals surface area contributed by atoms with Crippen molar-refractivity contribution in [1.82, 2.24) is 15.1 Å². The molecule has 0 radical (unpaired) electrons. The van der Waals surface area contributed by atoms with Crippen LogP contribution in [0.3, 0.4) is 0 Å². The maximum atomic E-state index is 13.1. The van der Waals surface area contributed by atoms with Crippen LogP contribution >= 0.6 is 0 Å². The van der Waals surface area contributed by atoms with Crippen LogP contribution in [-0.2, 0) is 12.4 Å². The predicted molar refractivity (Wildman–Crippen MR) is 104 cm³/mol. The molecule has 5 nitrogen and oxygen atoms in total. The van der Waals surface area contributed by atoms with Crippen molar-refractivity contribution in [1.29, 1.82) is 0 Å². The molecule has 0 atom stereocenters. The monoisotopic (exact) mass is 463 g/mol. The van der Waals surface area contributed by atoms with E-state index < -0.39 is 40.6 Å². The van der Waals surface area contributed by atoms with Crippen LogP contribution in [-0.4, -0.2) is 44.8 Å². The fraction of sp³-hybridized carbons (Fsp3) is 0.524. The summed E-state index contributed by atoms with van der Waals surface area (Å²) in [5, 5.41) is 16.1. The quantitative estimate of drug-likeness (QED) is 0.618. The van der Waals surface area contributed by atoms with E-state index in [0.29, 0.717) is 44.5 Å². The molecule has 1 aromatic heterocycles. The Bertz CT molecular complexity index is 935. The highest BCUT2D eigenvalue weighted by molar-refractivity contribution is 5.93. The molecule has 1 aromatic carbocycles. The third-order valence-corrected chi connectivity index (χ3v) is 5.38. The van der Waals surface area contributed by atoms with Gasteiger partial charge in [0, 0.05) is 18.7 Å². The summed E-state index contributed by atoms with van der Waals surface area (Å²) in [7, 11) is 0. The summed E-state index contributed by atoms with van der Waals surface area (Å²) in [5.74, 6) is -0.184. The standard InChI is InChI=1S/C21H23F6N3O2/c1-19(2,32)11-12-3-5-30(6-4-12)18(31)17-10-16(28-29-17)13-7-14(20(22,23)24)9-15(8-13)21(25,26)27/h7-10,12,32H,3-6,11H2,1-2H3,(H,28,29). The van der Waals surface area contributed by atoms with E-state index in [0.717, 1.165) is 6.07 Å². The normalized spacial score (nSPS) is 16.5. The Kier molecular flexibility index (Phi) is 6.34. The molecule has 2 N–H and O–H groups in total. The number of aromatic amines is 1. The van der Waals surface area contributed by atoms with Gasteiger partial charge in [-0.1, -0.05) is 0 Å². The topological polar surface area (TPSA) is 69.2 Å². The molecule has 0 spiro atoms. The van der Waals surface area contributed by atoms with Crippen LogP contribution in [0, 0.1) is 5.92 Å². The first-order chi connectivity index (χ1) is 14.6. The summed E-state index contributed by atoms with van der Waals surface area (Å²) in [5.41, 5.74) is -4.32. The van der Waals surface area contributed by atoms with Gasteiger partial charge in [-0.05, 0) is 63.3 Å². The summed E-state index contributed by atoms with van der Waals surface area (Å²) >= 11 is 0. The number of H-pyrrole nitrogens is 1. The number of carbonyl (C=O) groups excluding carboxylic acids is 1. The summed E-state index contributed by atoms with van der Waals surface area (Å²) in [6, 6.07) is 2.34. The Hall–Kier alpha value is -2.56. The number of benzene rings is 1. The number of alkyl halides is 6. The molecule has 0 bridgehead atoms. The number of nitrogens with zero attached hydrogens (tertiary/aromatic N) is 2. The van der Waals surface area contributed by atoms with Crippen LogP contribution in [0.4, 0.5) is 26.3 Å². The van der Waals surface area contributed by atoms with Gasteiger partial charge in [0.05, 0.1) is 22.4 Å². The summed E-state index contributed by atoms with van der Waals surface area (Å²) in [6.45, 7) is 4.29. The predicted octanol–water partition coefficient (Wildman–Crippen LogP) is 5.13. The number of nitrogens with one attached hydrogen (secondary N) is 1. The van der Waals surface area contributed by atoms with E-state index in [1.165, 1.54) is 0 Å². The Morgan fingerprint density at radius 1 is 1.03 bits per heavy atom. The molecule has 32 heavy (non-hydrogen) atoms. The summed E-state index contributed by atoms with van der Waals surface area (Å²) in [4.78, 5) is 14.3. The lowest BCUT2D eigenvalue weighted by atomic mass is 9.86. The smallest absolute Gasteiger partial charge is 0.390 e. The number of rotatable bonds is 4. The molecular formula is C21H23F6N3O2. The van der Waals surface area contributed by atoms with E-state index in [-0.39, 0.29) is 23.4 Å². The highest BCUT2D eigenvalue weighted by Crippen LogP contribution is 2.38. The van der Waals surface area contributed by atoms with E-state index >= 15 is 0 Å². The Morgan fingerprint density at radius 3 is 2.03 bits per heavy atom. The molecule has 1 aliphatic heterocycles. The van der Waals surface area contributed by atoms with Gasteiger partial charge in [0.2, 0.25) is 0 Å². The number of carbonyl (C=O) groups is 1. The summed E-state index contributed by atoms with van der Waals surface area (Å²) in [6.07, 6.45) is -7.99. The number of halogens is 6. The zero-order valence-electron chi connectivity index (χ0n) is 17.4. The molecule has 0 aliphatic carbocycles. The van der Waals surface area contributed by atoms with Crippen LogP contribution in [0.2, 0.25) is 0 Å². The van der Waals surface area contributed by atoms with Crippen LogP contribution in [0.25, 0.3) is 11.3 Å². The van der Waals surface area contributed by atoms with Gasteiger partial charge >= 0.3 is 12.4 Å². The van der Waals surface area contributed by atoms with Crippen LogP contribution in [0.1, 0.15) is 54.7 Å². The number of aliphatic hydroxyl groups is 1. The van der Waals surface area contributed by atoms with Crippen molar-refractivity contribution < 1.29 is 36.2 Å². The second-order valence-corrected chi connectivity index (χ2v) is 8.71. The van der Waals surface area contributed by atoms with Crippen LogP contribution in [0.15, 0.2) is 24.3 Å². The molecule has 11 heteroatoms. The number of hydrogen-bond acceptors (Lipinski definition) is 3. The lowest BCUT2D eigenvalue weighted by molar-refractivity contribution is -0.143. The van der Waals surface area contributed by atoms with Crippen molar-refractivity contribution in [2.45, 2.75) is 51.1 Å².